The molecule has 0 fully saturated rings. The number of hydrogen-bond donors (Lipinski definition) is 1. The summed E-state index contributed by atoms with van der Waals surface area (Å²) >= 11 is 7.52. The fourth-order valence-corrected chi connectivity index (χ4v) is 5.48. The minimum Gasteiger partial charge on any atom is -0.298 e. The molecule has 0 spiro atoms. The Labute approximate surface area is 173 Å². The highest BCUT2D eigenvalue weighted by Gasteiger charge is 2.24. The molecule has 148 valence electrons. The molecule has 1 amide bonds. The van der Waals surface area contributed by atoms with E-state index in [0.717, 1.165) is 15.8 Å². The van der Waals surface area contributed by atoms with Crippen molar-refractivity contribution in [2.24, 2.45) is 0 Å². The first kappa shape index (κ1) is 20.7. The second kappa shape index (κ2) is 8.16. The number of rotatable bonds is 6. The topological polar surface area (TPSA) is 79.4 Å². The summed E-state index contributed by atoms with van der Waals surface area (Å²) in [6.07, 6.45) is 0. The number of sulfonamides is 1. The van der Waals surface area contributed by atoms with Gasteiger partial charge in [0.15, 0.2) is 5.13 Å². The largest absolute Gasteiger partial charge is 0.298 e. The van der Waals surface area contributed by atoms with Crippen LogP contribution in [0.25, 0.3) is 10.2 Å². The highest BCUT2D eigenvalue weighted by molar-refractivity contribution is 7.89. The Hall–Kier alpha value is -2.00. The number of amides is 1. The molecule has 0 unspecified atom stereocenters. The molecule has 0 aliphatic carbocycles. The van der Waals surface area contributed by atoms with Crippen LogP contribution in [0.4, 0.5) is 5.13 Å². The van der Waals surface area contributed by atoms with Crippen LogP contribution in [0.1, 0.15) is 29.8 Å². The first-order chi connectivity index (χ1) is 13.3. The van der Waals surface area contributed by atoms with Gasteiger partial charge in [-0.25, -0.2) is 13.4 Å². The SMILES string of the molecule is CCN(CC)S(=O)(=O)c1ccc(Cl)c(C(=O)Nc2nc3c(C)cccc3s2)c1. The van der Waals surface area contributed by atoms with Crippen molar-refractivity contribution in [3.63, 3.8) is 0 Å². The molecule has 0 bridgehead atoms. The maximum atomic E-state index is 12.7. The summed E-state index contributed by atoms with van der Waals surface area (Å²) in [5.74, 6) is -0.502. The number of fused-ring (bicyclic) bond motifs is 1. The molecule has 9 heteroatoms. The van der Waals surface area contributed by atoms with E-state index in [1.165, 1.54) is 33.8 Å². The van der Waals surface area contributed by atoms with Crippen molar-refractivity contribution < 1.29 is 13.2 Å². The number of anilines is 1. The third-order valence-corrected chi connectivity index (χ3v) is 7.68. The van der Waals surface area contributed by atoms with Gasteiger partial charge in [0, 0.05) is 13.1 Å². The van der Waals surface area contributed by atoms with Crippen LogP contribution in [0, 0.1) is 6.92 Å². The first-order valence-corrected chi connectivity index (χ1v) is 11.4. The predicted octanol–water partition coefficient (Wildman–Crippen LogP) is 4.54. The standard InChI is InChI=1S/C19H20ClN3O3S2/c1-4-23(5-2)28(25,26)13-9-10-15(20)14(11-13)18(24)22-19-21-17-12(3)7-6-8-16(17)27-19/h6-11H,4-5H2,1-3H3,(H,21,22,24). The maximum Gasteiger partial charge on any atom is 0.259 e. The van der Waals surface area contributed by atoms with Crippen LogP contribution in [-0.2, 0) is 10.0 Å². The monoisotopic (exact) mass is 437 g/mol. The molecule has 1 heterocycles. The Bertz CT molecular complexity index is 1140. The lowest BCUT2D eigenvalue weighted by atomic mass is 10.2. The number of halogens is 1. The zero-order valence-corrected chi connectivity index (χ0v) is 18.1. The van der Waals surface area contributed by atoms with Crippen molar-refractivity contribution in [3.05, 3.63) is 52.5 Å². The van der Waals surface area contributed by atoms with E-state index >= 15 is 0 Å². The van der Waals surface area contributed by atoms with Gasteiger partial charge in [0.25, 0.3) is 5.91 Å². The van der Waals surface area contributed by atoms with E-state index in [1.54, 1.807) is 13.8 Å². The summed E-state index contributed by atoms with van der Waals surface area (Å²) in [7, 11) is -3.69. The van der Waals surface area contributed by atoms with Gasteiger partial charge in [-0.15, -0.1) is 0 Å². The van der Waals surface area contributed by atoms with E-state index in [9.17, 15) is 13.2 Å². The number of aryl methyl sites for hydroxylation is 1. The van der Waals surface area contributed by atoms with Gasteiger partial charge < -0.3 is 0 Å². The first-order valence-electron chi connectivity index (χ1n) is 8.75. The van der Waals surface area contributed by atoms with Gasteiger partial charge in [-0.3, -0.25) is 10.1 Å². The van der Waals surface area contributed by atoms with E-state index in [0.29, 0.717) is 18.2 Å². The summed E-state index contributed by atoms with van der Waals surface area (Å²) in [5, 5.41) is 3.33. The molecule has 0 atom stereocenters. The van der Waals surface area contributed by atoms with Gasteiger partial charge in [-0.1, -0.05) is 48.9 Å². The third kappa shape index (κ3) is 3.91. The predicted molar refractivity (Wildman–Crippen MR) is 114 cm³/mol. The number of thiazole rings is 1. The molecule has 0 aliphatic heterocycles. The molecule has 3 aromatic rings. The number of para-hydroxylation sites is 1. The number of carbonyl (C=O) groups is 1. The molecule has 3 rings (SSSR count). The lowest BCUT2D eigenvalue weighted by Gasteiger charge is -2.19. The van der Waals surface area contributed by atoms with Crippen molar-refractivity contribution in [2.75, 3.05) is 18.4 Å². The van der Waals surface area contributed by atoms with Gasteiger partial charge in [0.05, 0.1) is 25.7 Å². The van der Waals surface area contributed by atoms with Crippen molar-refractivity contribution in [1.29, 1.82) is 0 Å². The van der Waals surface area contributed by atoms with E-state index in [1.807, 2.05) is 25.1 Å². The third-order valence-electron chi connectivity index (χ3n) is 4.37. The normalized spacial score (nSPS) is 11.9. The number of hydrogen-bond acceptors (Lipinski definition) is 5. The van der Waals surface area contributed by atoms with Gasteiger partial charge >= 0.3 is 0 Å². The van der Waals surface area contributed by atoms with Gasteiger partial charge in [0.1, 0.15) is 0 Å². The Morgan fingerprint density at radius 1 is 1.21 bits per heavy atom. The zero-order chi connectivity index (χ0) is 20.5. The summed E-state index contributed by atoms with van der Waals surface area (Å²) in [4.78, 5) is 17.2. The molecule has 1 N–H and O–H groups in total. The van der Waals surface area contributed by atoms with Crippen molar-refractivity contribution in [2.45, 2.75) is 25.7 Å². The van der Waals surface area contributed by atoms with Crippen LogP contribution in [0.15, 0.2) is 41.3 Å². The van der Waals surface area contributed by atoms with E-state index in [4.69, 9.17) is 11.6 Å². The quantitative estimate of drug-likeness (QED) is 0.613. The van der Waals surface area contributed by atoms with Crippen LogP contribution < -0.4 is 5.32 Å². The lowest BCUT2D eigenvalue weighted by molar-refractivity contribution is 0.102. The molecular formula is C19H20ClN3O3S2. The summed E-state index contributed by atoms with van der Waals surface area (Å²) in [6.45, 7) is 6.16. The zero-order valence-electron chi connectivity index (χ0n) is 15.7. The van der Waals surface area contributed by atoms with Crippen LogP contribution in [0.5, 0.6) is 0 Å². The van der Waals surface area contributed by atoms with Crippen molar-refractivity contribution >= 4 is 54.2 Å². The van der Waals surface area contributed by atoms with Crippen molar-refractivity contribution in [1.82, 2.24) is 9.29 Å². The summed E-state index contributed by atoms with van der Waals surface area (Å²) < 4.78 is 27.8. The van der Waals surface area contributed by atoms with E-state index < -0.39 is 15.9 Å². The Kier molecular flexibility index (Phi) is 6.04. The minimum atomic E-state index is -3.69. The van der Waals surface area contributed by atoms with Gasteiger partial charge in [0.2, 0.25) is 10.0 Å². The van der Waals surface area contributed by atoms with Crippen LogP contribution in [0.2, 0.25) is 5.02 Å². The lowest BCUT2D eigenvalue weighted by Crippen LogP contribution is -2.30. The second-order valence-corrected chi connectivity index (χ2v) is 9.50. The Morgan fingerprint density at radius 2 is 1.93 bits per heavy atom. The van der Waals surface area contributed by atoms with Crippen LogP contribution in [-0.4, -0.2) is 36.7 Å². The van der Waals surface area contributed by atoms with Crippen molar-refractivity contribution in [3.8, 4) is 0 Å². The number of benzene rings is 2. The fourth-order valence-electron chi connectivity index (χ4n) is 2.86. The molecule has 6 nitrogen and oxygen atoms in total. The van der Waals surface area contributed by atoms with Crippen LogP contribution in [0.3, 0.4) is 0 Å². The Morgan fingerprint density at radius 3 is 2.57 bits per heavy atom. The maximum absolute atomic E-state index is 12.7. The smallest absolute Gasteiger partial charge is 0.259 e. The number of nitrogens with one attached hydrogen (secondary N) is 1. The van der Waals surface area contributed by atoms with E-state index in [2.05, 4.69) is 10.3 Å². The Balaban J connectivity index is 1.94. The van der Waals surface area contributed by atoms with Crippen LogP contribution >= 0.6 is 22.9 Å². The number of nitrogens with zero attached hydrogens (tertiary/aromatic N) is 2. The molecular weight excluding hydrogens is 418 g/mol. The molecule has 0 aliphatic rings. The molecule has 0 radical (unpaired) electrons. The highest BCUT2D eigenvalue weighted by Crippen LogP contribution is 2.29. The minimum absolute atomic E-state index is 0.0332. The molecule has 0 saturated carbocycles. The summed E-state index contributed by atoms with van der Waals surface area (Å²) in [5.41, 5.74) is 1.93. The molecule has 28 heavy (non-hydrogen) atoms. The molecule has 1 aromatic heterocycles. The molecule has 0 saturated heterocycles. The average molecular weight is 438 g/mol. The summed E-state index contributed by atoms with van der Waals surface area (Å²) in [6, 6.07) is 9.96. The number of aromatic nitrogens is 1. The van der Waals surface area contributed by atoms with E-state index in [-0.39, 0.29) is 15.5 Å². The average Bonchev–Trinajstić information content (AvgIpc) is 3.06. The van der Waals surface area contributed by atoms with Gasteiger partial charge in [-0.05, 0) is 36.8 Å². The van der Waals surface area contributed by atoms with Gasteiger partial charge in [-0.2, -0.15) is 4.31 Å². The number of carbonyl (C=O) groups excluding carboxylic acids is 1. The molecule has 2 aromatic carbocycles. The fraction of sp³-hybridized carbons (Fsp3) is 0.263. The second-order valence-electron chi connectivity index (χ2n) is 6.13. The highest BCUT2D eigenvalue weighted by atomic mass is 35.5.